The molecule has 1 amide bonds. The van der Waals surface area contributed by atoms with Crippen molar-refractivity contribution < 1.29 is 19.1 Å². The second kappa shape index (κ2) is 11.7. The number of nitrogens with two attached hydrogens (primary N) is 1. The number of hydrogen-bond donors (Lipinski definition) is 2. The molecule has 1 saturated heterocycles. The standard InChI is InChI=1S/C25H35ClN6O4S/c1-7-35-22(33)19-21(29-14-17(31-19)37-16-8-11-28-20(27)18(16)26)32-12-9-25(6,10-13-32)15(2)30-23(34)36-24(3,4)5/h8,11,14-15H,7,9-10,12-13H2,1-6H3,(H2,27,28)(H,30,34). The summed E-state index contributed by atoms with van der Waals surface area (Å²) in [5.74, 6) is 0.146. The van der Waals surface area contributed by atoms with Crippen LogP contribution in [0.4, 0.5) is 16.4 Å². The predicted molar refractivity (Wildman–Crippen MR) is 144 cm³/mol. The minimum atomic E-state index is -0.559. The monoisotopic (exact) mass is 550 g/mol. The Kier molecular flexibility index (Phi) is 9.12. The molecular formula is C25H35ClN6O4S. The van der Waals surface area contributed by atoms with E-state index in [9.17, 15) is 9.59 Å². The smallest absolute Gasteiger partial charge is 0.407 e. The van der Waals surface area contributed by atoms with Gasteiger partial charge in [-0.2, -0.15) is 0 Å². The second-order valence-corrected chi connectivity index (χ2v) is 11.7. The zero-order valence-corrected chi connectivity index (χ0v) is 23.7. The van der Waals surface area contributed by atoms with Gasteiger partial charge in [0.05, 0.1) is 17.8 Å². The number of hydrogen-bond acceptors (Lipinski definition) is 10. The van der Waals surface area contributed by atoms with Crippen LogP contribution in [0.15, 0.2) is 28.4 Å². The van der Waals surface area contributed by atoms with Crippen molar-refractivity contribution in [3.05, 3.63) is 29.2 Å². The van der Waals surface area contributed by atoms with E-state index in [4.69, 9.17) is 26.8 Å². The number of nitrogens with one attached hydrogen (secondary N) is 1. The Morgan fingerprint density at radius 3 is 2.59 bits per heavy atom. The molecule has 0 saturated carbocycles. The van der Waals surface area contributed by atoms with Crippen molar-refractivity contribution in [2.75, 3.05) is 30.3 Å². The molecule has 202 valence electrons. The van der Waals surface area contributed by atoms with Crippen molar-refractivity contribution in [2.24, 2.45) is 5.41 Å². The number of piperidine rings is 1. The summed E-state index contributed by atoms with van der Waals surface area (Å²) in [7, 11) is 0. The van der Waals surface area contributed by atoms with E-state index in [1.165, 1.54) is 11.8 Å². The lowest BCUT2D eigenvalue weighted by molar-refractivity contribution is 0.0439. The Labute approximate surface area is 227 Å². The lowest BCUT2D eigenvalue weighted by Crippen LogP contribution is -2.51. The van der Waals surface area contributed by atoms with Crippen LogP contribution in [0.2, 0.25) is 5.02 Å². The Morgan fingerprint density at radius 2 is 1.97 bits per heavy atom. The largest absolute Gasteiger partial charge is 0.461 e. The lowest BCUT2D eigenvalue weighted by atomic mass is 9.74. The number of carbonyl (C=O) groups is 2. The number of nitrogen functional groups attached to an aromatic ring is 1. The highest BCUT2D eigenvalue weighted by molar-refractivity contribution is 7.99. The molecule has 3 heterocycles. The number of anilines is 2. The van der Waals surface area contributed by atoms with Crippen molar-refractivity contribution in [3.63, 3.8) is 0 Å². The fraction of sp³-hybridized carbons (Fsp3) is 0.560. The van der Waals surface area contributed by atoms with Crippen LogP contribution in [0, 0.1) is 5.41 Å². The number of alkyl carbamates (subject to hydrolysis) is 1. The molecule has 3 rings (SSSR count). The van der Waals surface area contributed by atoms with Crippen LogP contribution in [0.25, 0.3) is 0 Å². The molecule has 1 unspecified atom stereocenters. The maximum absolute atomic E-state index is 12.8. The molecule has 37 heavy (non-hydrogen) atoms. The third-order valence-corrected chi connectivity index (χ3v) is 7.75. The van der Waals surface area contributed by atoms with Crippen molar-refractivity contribution in [1.29, 1.82) is 0 Å². The van der Waals surface area contributed by atoms with Crippen molar-refractivity contribution in [1.82, 2.24) is 20.3 Å². The molecule has 0 spiro atoms. The van der Waals surface area contributed by atoms with E-state index < -0.39 is 17.7 Å². The summed E-state index contributed by atoms with van der Waals surface area (Å²) in [6.45, 7) is 12.9. The number of amides is 1. The normalized spacial score (nSPS) is 16.1. The molecule has 0 aliphatic carbocycles. The third-order valence-electron chi connectivity index (χ3n) is 6.28. The minimum Gasteiger partial charge on any atom is -0.461 e. The quantitative estimate of drug-likeness (QED) is 0.456. The molecule has 1 atom stereocenters. The zero-order valence-electron chi connectivity index (χ0n) is 22.1. The molecule has 2 aromatic heterocycles. The van der Waals surface area contributed by atoms with Gasteiger partial charge in [0, 0.05) is 30.2 Å². The molecule has 3 N–H and O–H groups in total. The molecule has 0 bridgehead atoms. The van der Waals surface area contributed by atoms with Crippen LogP contribution >= 0.6 is 23.4 Å². The fourth-order valence-corrected chi connectivity index (χ4v) is 4.96. The van der Waals surface area contributed by atoms with E-state index >= 15 is 0 Å². The van der Waals surface area contributed by atoms with E-state index in [2.05, 4.69) is 27.2 Å². The lowest BCUT2D eigenvalue weighted by Gasteiger charge is -2.43. The van der Waals surface area contributed by atoms with Crippen molar-refractivity contribution in [2.45, 2.75) is 75.9 Å². The first-order chi connectivity index (χ1) is 17.3. The molecule has 1 aliphatic heterocycles. The first-order valence-electron chi connectivity index (χ1n) is 12.2. The molecular weight excluding hydrogens is 516 g/mol. The summed E-state index contributed by atoms with van der Waals surface area (Å²) < 4.78 is 10.7. The van der Waals surface area contributed by atoms with Gasteiger partial charge in [-0.25, -0.2) is 24.5 Å². The van der Waals surface area contributed by atoms with Crippen molar-refractivity contribution in [3.8, 4) is 0 Å². The topological polar surface area (TPSA) is 133 Å². The Hall–Kier alpha value is -2.79. The van der Waals surface area contributed by atoms with Gasteiger partial charge in [0.25, 0.3) is 0 Å². The summed E-state index contributed by atoms with van der Waals surface area (Å²) in [5, 5.41) is 3.78. The Morgan fingerprint density at radius 1 is 1.30 bits per heavy atom. The number of nitrogens with zero attached hydrogens (tertiary/aromatic N) is 4. The maximum Gasteiger partial charge on any atom is 0.407 e. The van der Waals surface area contributed by atoms with Gasteiger partial charge >= 0.3 is 12.1 Å². The minimum absolute atomic E-state index is 0.101. The molecule has 0 aromatic carbocycles. The number of esters is 1. The molecule has 12 heteroatoms. The molecule has 1 aliphatic rings. The van der Waals surface area contributed by atoms with Gasteiger partial charge in [-0.05, 0) is 58.9 Å². The third kappa shape index (κ3) is 7.38. The van der Waals surface area contributed by atoms with Crippen LogP contribution < -0.4 is 16.0 Å². The van der Waals surface area contributed by atoms with Gasteiger partial charge in [0.2, 0.25) is 0 Å². The number of halogens is 1. The van der Waals surface area contributed by atoms with Crippen LogP contribution in [-0.4, -0.2) is 58.4 Å². The number of pyridine rings is 1. The number of ether oxygens (including phenoxy) is 2. The highest BCUT2D eigenvalue weighted by atomic mass is 35.5. The first-order valence-corrected chi connectivity index (χ1v) is 13.4. The average Bonchev–Trinajstić information content (AvgIpc) is 2.81. The first kappa shape index (κ1) is 28.8. The average molecular weight is 551 g/mol. The molecule has 2 aromatic rings. The van der Waals surface area contributed by atoms with E-state index in [0.29, 0.717) is 33.9 Å². The van der Waals surface area contributed by atoms with Gasteiger partial charge in [-0.1, -0.05) is 30.3 Å². The van der Waals surface area contributed by atoms with Crippen LogP contribution in [0.5, 0.6) is 0 Å². The molecule has 0 radical (unpaired) electrons. The highest BCUT2D eigenvalue weighted by Gasteiger charge is 2.38. The van der Waals surface area contributed by atoms with Crippen LogP contribution in [0.3, 0.4) is 0 Å². The molecule has 1 fully saturated rings. The van der Waals surface area contributed by atoms with Gasteiger partial charge in [-0.3, -0.25) is 0 Å². The summed E-state index contributed by atoms with van der Waals surface area (Å²) in [6, 6.07) is 1.62. The van der Waals surface area contributed by atoms with Gasteiger partial charge < -0.3 is 25.4 Å². The molecule has 10 nitrogen and oxygen atoms in total. The zero-order chi connectivity index (χ0) is 27.4. The van der Waals surface area contributed by atoms with Crippen LogP contribution in [-0.2, 0) is 9.47 Å². The van der Waals surface area contributed by atoms with E-state index in [-0.39, 0.29) is 29.6 Å². The van der Waals surface area contributed by atoms with E-state index in [1.54, 1.807) is 25.4 Å². The van der Waals surface area contributed by atoms with Gasteiger partial charge in [-0.15, -0.1) is 0 Å². The Balaban J connectivity index is 1.76. The Bertz CT molecular complexity index is 1130. The van der Waals surface area contributed by atoms with E-state index in [0.717, 1.165) is 12.8 Å². The fourth-order valence-electron chi connectivity index (χ4n) is 3.94. The number of rotatable bonds is 7. The summed E-state index contributed by atoms with van der Waals surface area (Å²) in [5.41, 5.74) is 5.24. The maximum atomic E-state index is 12.8. The van der Waals surface area contributed by atoms with Crippen LogP contribution in [0.1, 0.15) is 64.9 Å². The SMILES string of the molecule is CCOC(=O)c1nc(Sc2ccnc(N)c2Cl)cnc1N1CCC(C)(C(C)NC(=O)OC(C)(C)C)CC1. The van der Waals surface area contributed by atoms with Gasteiger partial charge in [0.1, 0.15) is 16.4 Å². The highest BCUT2D eigenvalue weighted by Crippen LogP contribution is 2.38. The summed E-state index contributed by atoms with van der Waals surface area (Å²) in [4.78, 5) is 40.9. The number of aromatic nitrogens is 3. The number of carbonyl (C=O) groups excluding carboxylic acids is 2. The summed E-state index contributed by atoms with van der Waals surface area (Å²) >= 11 is 7.52. The second-order valence-electron chi connectivity index (χ2n) is 10.2. The predicted octanol–water partition coefficient (Wildman–Crippen LogP) is 4.95. The van der Waals surface area contributed by atoms with Gasteiger partial charge in [0.15, 0.2) is 11.5 Å². The summed E-state index contributed by atoms with van der Waals surface area (Å²) in [6.07, 6.45) is 4.28. The van der Waals surface area contributed by atoms with E-state index in [1.807, 2.05) is 32.6 Å². The van der Waals surface area contributed by atoms with Crippen molar-refractivity contribution >= 4 is 47.1 Å².